The van der Waals surface area contributed by atoms with Crippen LogP contribution in [0.3, 0.4) is 0 Å². The molecule has 1 atom stereocenters. The summed E-state index contributed by atoms with van der Waals surface area (Å²) in [5.74, 6) is 0.410. The quantitative estimate of drug-likeness (QED) is 0.779. The van der Waals surface area contributed by atoms with Gasteiger partial charge in [-0.1, -0.05) is 6.42 Å². The van der Waals surface area contributed by atoms with Crippen LogP contribution in [0.25, 0.3) is 0 Å². The lowest BCUT2D eigenvalue weighted by Crippen LogP contribution is -2.52. The maximum Gasteiger partial charge on any atom is 0.245 e. The van der Waals surface area contributed by atoms with Gasteiger partial charge in [-0.3, -0.25) is 14.4 Å². The molecule has 0 radical (unpaired) electrons. The largest absolute Gasteiger partial charge is 0.353 e. The van der Waals surface area contributed by atoms with Gasteiger partial charge in [0.2, 0.25) is 17.7 Å². The molecular formula is C15H23N3O3. The summed E-state index contributed by atoms with van der Waals surface area (Å²) in [6.07, 6.45) is 5.88. The van der Waals surface area contributed by atoms with Crippen LogP contribution in [-0.4, -0.2) is 47.8 Å². The van der Waals surface area contributed by atoms with Crippen LogP contribution in [0.2, 0.25) is 0 Å². The molecule has 3 aliphatic rings. The van der Waals surface area contributed by atoms with Crippen molar-refractivity contribution in [1.29, 1.82) is 0 Å². The molecule has 3 rings (SSSR count). The van der Waals surface area contributed by atoms with Gasteiger partial charge in [-0.2, -0.15) is 0 Å². The van der Waals surface area contributed by atoms with Crippen molar-refractivity contribution in [2.24, 2.45) is 5.92 Å². The fraction of sp³-hybridized carbons (Fsp3) is 0.800. The topological polar surface area (TPSA) is 78.5 Å². The summed E-state index contributed by atoms with van der Waals surface area (Å²) >= 11 is 0. The predicted molar refractivity (Wildman–Crippen MR) is 76.3 cm³/mol. The van der Waals surface area contributed by atoms with E-state index in [4.69, 9.17) is 0 Å². The Balaban J connectivity index is 1.43. The summed E-state index contributed by atoms with van der Waals surface area (Å²) in [5, 5.41) is 5.83. The van der Waals surface area contributed by atoms with E-state index in [1.807, 2.05) is 4.90 Å². The van der Waals surface area contributed by atoms with E-state index in [1.54, 1.807) is 0 Å². The Labute approximate surface area is 124 Å². The molecule has 116 valence electrons. The molecule has 1 saturated carbocycles. The monoisotopic (exact) mass is 293 g/mol. The van der Waals surface area contributed by atoms with Crippen LogP contribution in [0, 0.1) is 5.92 Å². The molecule has 3 fully saturated rings. The van der Waals surface area contributed by atoms with Gasteiger partial charge < -0.3 is 15.5 Å². The Kier molecular flexibility index (Phi) is 4.12. The summed E-state index contributed by atoms with van der Waals surface area (Å²) in [5.41, 5.74) is 0. The third kappa shape index (κ3) is 3.19. The highest BCUT2D eigenvalue weighted by Gasteiger charge is 2.33. The maximum atomic E-state index is 12.3. The number of rotatable bonds is 3. The molecule has 2 saturated heterocycles. The minimum absolute atomic E-state index is 0.0315. The summed E-state index contributed by atoms with van der Waals surface area (Å²) < 4.78 is 0. The van der Waals surface area contributed by atoms with Crippen LogP contribution in [-0.2, 0) is 14.4 Å². The zero-order valence-corrected chi connectivity index (χ0v) is 12.3. The van der Waals surface area contributed by atoms with Crippen molar-refractivity contribution in [1.82, 2.24) is 15.5 Å². The van der Waals surface area contributed by atoms with E-state index in [1.165, 1.54) is 0 Å². The van der Waals surface area contributed by atoms with Gasteiger partial charge in [0.05, 0.1) is 0 Å². The first-order chi connectivity index (χ1) is 10.1. The number of piperidine rings is 1. The molecule has 1 unspecified atom stereocenters. The second kappa shape index (κ2) is 6.03. The predicted octanol–water partition coefficient (Wildman–Crippen LogP) is 0.172. The lowest BCUT2D eigenvalue weighted by molar-refractivity contribution is -0.135. The number of amides is 3. The zero-order chi connectivity index (χ0) is 14.8. The average Bonchev–Trinajstić information content (AvgIpc) is 2.83. The maximum absolute atomic E-state index is 12.3. The summed E-state index contributed by atoms with van der Waals surface area (Å²) in [6.45, 7) is 1.33. The Morgan fingerprint density at radius 2 is 1.81 bits per heavy atom. The third-order valence-electron chi connectivity index (χ3n) is 4.92. The second-order valence-corrected chi connectivity index (χ2v) is 6.39. The van der Waals surface area contributed by atoms with E-state index in [0.29, 0.717) is 25.9 Å². The number of carbonyl (C=O) groups is 3. The van der Waals surface area contributed by atoms with Crippen molar-refractivity contribution < 1.29 is 14.4 Å². The fourth-order valence-electron chi connectivity index (χ4n) is 3.25. The molecule has 0 aromatic carbocycles. The highest BCUT2D eigenvalue weighted by Crippen LogP contribution is 2.26. The molecule has 1 aliphatic carbocycles. The SMILES string of the molecule is O=C1CCC(C(=O)N2CCC(NC(=O)C3CCC3)CC2)N1. The molecule has 0 aromatic heterocycles. The van der Waals surface area contributed by atoms with Gasteiger partial charge in [0.1, 0.15) is 6.04 Å². The minimum Gasteiger partial charge on any atom is -0.353 e. The van der Waals surface area contributed by atoms with E-state index in [0.717, 1.165) is 32.1 Å². The first-order valence-corrected chi connectivity index (χ1v) is 8.02. The van der Waals surface area contributed by atoms with Crippen molar-refractivity contribution >= 4 is 17.7 Å². The number of likely N-dealkylation sites (tertiary alicyclic amines) is 1. The first-order valence-electron chi connectivity index (χ1n) is 8.02. The molecular weight excluding hydrogens is 270 g/mol. The highest BCUT2D eigenvalue weighted by atomic mass is 16.2. The van der Waals surface area contributed by atoms with Crippen molar-refractivity contribution in [3.8, 4) is 0 Å². The van der Waals surface area contributed by atoms with Crippen LogP contribution in [0.4, 0.5) is 0 Å². The number of hydrogen-bond donors (Lipinski definition) is 2. The zero-order valence-electron chi connectivity index (χ0n) is 12.3. The molecule has 2 aliphatic heterocycles. The lowest BCUT2D eigenvalue weighted by atomic mass is 9.84. The van der Waals surface area contributed by atoms with E-state index in [-0.39, 0.29) is 35.7 Å². The third-order valence-corrected chi connectivity index (χ3v) is 4.92. The first kappa shape index (κ1) is 14.4. The highest BCUT2D eigenvalue weighted by molar-refractivity contribution is 5.90. The minimum atomic E-state index is -0.335. The molecule has 2 heterocycles. The van der Waals surface area contributed by atoms with E-state index >= 15 is 0 Å². The van der Waals surface area contributed by atoms with Crippen molar-refractivity contribution in [3.63, 3.8) is 0 Å². The van der Waals surface area contributed by atoms with Crippen LogP contribution in [0.5, 0.6) is 0 Å². The Hall–Kier alpha value is -1.59. The van der Waals surface area contributed by atoms with Gasteiger partial charge in [-0.15, -0.1) is 0 Å². The average molecular weight is 293 g/mol. The van der Waals surface area contributed by atoms with Crippen LogP contribution in [0.1, 0.15) is 44.9 Å². The van der Waals surface area contributed by atoms with E-state index in [9.17, 15) is 14.4 Å². The molecule has 21 heavy (non-hydrogen) atoms. The lowest BCUT2D eigenvalue weighted by Gasteiger charge is -2.35. The van der Waals surface area contributed by atoms with E-state index in [2.05, 4.69) is 10.6 Å². The van der Waals surface area contributed by atoms with Gasteiger partial charge in [0.15, 0.2) is 0 Å². The molecule has 0 bridgehead atoms. The fourth-order valence-corrected chi connectivity index (χ4v) is 3.25. The van der Waals surface area contributed by atoms with Crippen molar-refractivity contribution in [2.45, 2.75) is 57.0 Å². The Bertz CT molecular complexity index is 439. The molecule has 0 spiro atoms. The van der Waals surface area contributed by atoms with Gasteiger partial charge in [0, 0.05) is 31.5 Å². The summed E-state index contributed by atoms with van der Waals surface area (Å²) in [7, 11) is 0. The van der Waals surface area contributed by atoms with Crippen molar-refractivity contribution in [3.05, 3.63) is 0 Å². The van der Waals surface area contributed by atoms with Gasteiger partial charge in [0.25, 0.3) is 0 Å². The standard InChI is InChI=1S/C15H23N3O3/c19-13-5-4-12(17-13)15(21)18-8-6-11(7-9-18)16-14(20)10-2-1-3-10/h10-12H,1-9H2,(H,16,20)(H,17,19). The molecule has 0 aromatic rings. The molecule has 3 amide bonds. The van der Waals surface area contributed by atoms with Crippen molar-refractivity contribution in [2.75, 3.05) is 13.1 Å². The summed E-state index contributed by atoms with van der Waals surface area (Å²) in [6, 6.07) is -0.140. The smallest absolute Gasteiger partial charge is 0.245 e. The number of nitrogens with one attached hydrogen (secondary N) is 2. The number of carbonyl (C=O) groups excluding carboxylic acids is 3. The van der Waals surface area contributed by atoms with Crippen LogP contribution < -0.4 is 10.6 Å². The number of hydrogen-bond acceptors (Lipinski definition) is 3. The Morgan fingerprint density at radius 1 is 1.10 bits per heavy atom. The normalized spacial score (nSPS) is 27.1. The van der Waals surface area contributed by atoms with Gasteiger partial charge in [-0.25, -0.2) is 0 Å². The molecule has 2 N–H and O–H groups in total. The second-order valence-electron chi connectivity index (χ2n) is 6.39. The summed E-state index contributed by atoms with van der Waals surface area (Å²) in [4.78, 5) is 37.2. The van der Waals surface area contributed by atoms with Crippen LogP contribution in [0.15, 0.2) is 0 Å². The van der Waals surface area contributed by atoms with Gasteiger partial charge in [-0.05, 0) is 32.1 Å². The molecule has 6 nitrogen and oxygen atoms in total. The molecule has 6 heteroatoms. The Morgan fingerprint density at radius 3 is 2.33 bits per heavy atom. The van der Waals surface area contributed by atoms with E-state index < -0.39 is 0 Å². The number of nitrogens with zero attached hydrogens (tertiary/aromatic N) is 1. The van der Waals surface area contributed by atoms with Gasteiger partial charge >= 0.3 is 0 Å². The van der Waals surface area contributed by atoms with Crippen LogP contribution >= 0.6 is 0 Å².